The molecule has 27 heavy (non-hydrogen) atoms. The van der Waals surface area contributed by atoms with Gasteiger partial charge in [-0.25, -0.2) is 4.68 Å². The number of nitrogens with one attached hydrogen (secondary N) is 1. The van der Waals surface area contributed by atoms with Gasteiger partial charge in [-0.15, -0.1) is 0 Å². The van der Waals surface area contributed by atoms with Gasteiger partial charge in [0.05, 0.1) is 26.7 Å². The zero-order valence-electron chi connectivity index (χ0n) is 14.9. The fourth-order valence-electron chi connectivity index (χ4n) is 3.35. The predicted molar refractivity (Wildman–Crippen MR) is 96.3 cm³/mol. The summed E-state index contributed by atoms with van der Waals surface area (Å²) in [4.78, 5) is 12.4. The van der Waals surface area contributed by atoms with Crippen LogP contribution < -0.4 is 14.8 Å². The number of rotatable bonds is 5. The Bertz CT molecular complexity index is 952. The first-order chi connectivity index (χ1) is 13.1. The number of phenols is 1. The Morgan fingerprint density at radius 2 is 2.07 bits per heavy atom. The molecule has 8 nitrogen and oxygen atoms in total. The number of amides is 1. The number of nitrogens with zero attached hydrogens (tertiary/aromatic N) is 2. The number of benzene rings is 1. The summed E-state index contributed by atoms with van der Waals surface area (Å²) in [6, 6.07) is 7.09. The molecule has 0 fully saturated rings. The SMILES string of the molecule is COc1cc(C2CC(=O)Nc3c2cnn3Cc2ccco2)cc(OC)c1O. The number of hydrogen-bond donors (Lipinski definition) is 2. The normalized spacial score (nSPS) is 15.9. The molecule has 0 spiro atoms. The smallest absolute Gasteiger partial charge is 0.226 e. The van der Waals surface area contributed by atoms with Crippen LogP contribution in [0.5, 0.6) is 17.2 Å². The zero-order valence-corrected chi connectivity index (χ0v) is 14.9. The highest BCUT2D eigenvalue weighted by molar-refractivity contribution is 5.94. The third kappa shape index (κ3) is 2.99. The first-order valence-corrected chi connectivity index (χ1v) is 8.43. The fraction of sp³-hybridized carbons (Fsp3) is 0.263. The summed E-state index contributed by atoms with van der Waals surface area (Å²) >= 11 is 0. The summed E-state index contributed by atoms with van der Waals surface area (Å²) in [5, 5.41) is 17.5. The molecule has 3 aromatic rings. The van der Waals surface area contributed by atoms with Crippen LogP contribution >= 0.6 is 0 Å². The minimum atomic E-state index is -0.234. The number of anilines is 1. The largest absolute Gasteiger partial charge is 0.502 e. The van der Waals surface area contributed by atoms with Gasteiger partial charge in [-0.05, 0) is 29.8 Å². The molecule has 0 radical (unpaired) electrons. The molecule has 0 bridgehead atoms. The molecule has 1 atom stereocenters. The summed E-state index contributed by atoms with van der Waals surface area (Å²) in [5.41, 5.74) is 1.69. The van der Waals surface area contributed by atoms with Crippen molar-refractivity contribution in [2.24, 2.45) is 0 Å². The summed E-state index contributed by atoms with van der Waals surface area (Å²) < 4.78 is 17.6. The minimum Gasteiger partial charge on any atom is -0.502 e. The number of carbonyl (C=O) groups excluding carboxylic acids is 1. The van der Waals surface area contributed by atoms with E-state index in [2.05, 4.69) is 10.4 Å². The van der Waals surface area contributed by atoms with E-state index >= 15 is 0 Å². The number of fused-ring (bicyclic) bond motifs is 1. The number of aromatic hydroxyl groups is 1. The Morgan fingerprint density at radius 1 is 1.33 bits per heavy atom. The highest BCUT2D eigenvalue weighted by atomic mass is 16.5. The lowest BCUT2D eigenvalue weighted by Crippen LogP contribution is -2.25. The molecule has 0 saturated carbocycles. The quantitative estimate of drug-likeness (QED) is 0.717. The van der Waals surface area contributed by atoms with Crippen molar-refractivity contribution in [3.8, 4) is 17.2 Å². The van der Waals surface area contributed by atoms with Gasteiger partial charge in [-0.3, -0.25) is 4.79 Å². The number of aromatic nitrogens is 2. The topological polar surface area (TPSA) is 98.8 Å². The molecule has 0 aliphatic carbocycles. The number of furan rings is 1. The third-order valence-electron chi connectivity index (χ3n) is 4.68. The molecular weight excluding hydrogens is 350 g/mol. The Morgan fingerprint density at radius 3 is 2.70 bits per heavy atom. The number of methoxy groups -OCH3 is 2. The van der Waals surface area contributed by atoms with E-state index in [1.807, 2.05) is 12.1 Å². The van der Waals surface area contributed by atoms with Gasteiger partial charge in [-0.1, -0.05) is 0 Å². The lowest BCUT2D eigenvalue weighted by Gasteiger charge is -2.24. The van der Waals surface area contributed by atoms with Crippen LogP contribution in [0.15, 0.2) is 41.1 Å². The van der Waals surface area contributed by atoms with E-state index < -0.39 is 0 Å². The van der Waals surface area contributed by atoms with Gasteiger partial charge in [0, 0.05) is 17.9 Å². The van der Waals surface area contributed by atoms with E-state index in [0.29, 0.717) is 23.9 Å². The first-order valence-electron chi connectivity index (χ1n) is 8.43. The van der Waals surface area contributed by atoms with Crippen molar-refractivity contribution in [3.05, 3.63) is 53.6 Å². The van der Waals surface area contributed by atoms with Gasteiger partial charge in [0.2, 0.25) is 11.7 Å². The van der Waals surface area contributed by atoms with Crippen molar-refractivity contribution in [2.75, 3.05) is 19.5 Å². The van der Waals surface area contributed by atoms with Crippen molar-refractivity contribution in [3.63, 3.8) is 0 Å². The van der Waals surface area contributed by atoms with Gasteiger partial charge in [-0.2, -0.15) is 5.10 Å². The average molecular weight is 369 g/mol. The molecular formula is C19H19N3O5. The maximum atomic E-state index is 12.4. The van der Waals surface area contributed by atoms with Crippen LogP contribution in [-0.4, -0.2) is 35.0 Å². The highest BCUT2D eigenvalue weighted by Gasteiger charge is 2.31. The summed E-state index contributed by atoms with van der Waals surface area (Å²) in [5.74, 6) is 1.54. The van der Waals surface area contributed by atoms with E-state index in [1.54, 1.807) is 29.3 Å². The fourth-order valence-corrected chi connectivity index (χ4v) is 3.35. The maximum Gasteiger partial charge on any atom is 0.226 e. The Balaban J connectivity index is 1.76. The van der Waals surface area contributed by atoms with Gasteiger partial charge < -0.3 is 24.3 Å². The average Bonchev–Trinajstić information content (AvgIpc) is 3.32. The number of hydrogen-bond acceptors (Lipinski definition) is 6. The number of carbonyl (C=O) groups is 1. The van der Waals surface area contributed by atoms with Crippen LogP contribution in [0, 0.1) is 0 Å². The molecule has 1 amide bonds. The molecule has 1 unspecified atom stereocenters. The monoisotopic (exact) mass is 369 g/mol. The van der Waals surface area contributed by atoms with E-state index in [1.165, 1.54) is 14.2 Å². The first kappa shape index (κ1) is 17.0. The molecule has 3 heterocycles. The molecule has 1 aromatic carbocycles. The maximum absolute atomic E-state index is 12.4. The second kappa shape index (κ2) is 6.71. The standard InChI is InChI=1S/C19H19N3O5/c1-25-15-6-11(7-16(26-2)18(15)24)13-8-17(23)21-19-14(13)9-20-22(19)10-12-4-3-5-27-12/h3-7,9,13,24H,8,10H2,1-2H3,(H,21,23). The van der Waals surface area contributed by atoms with E-state index in [4.69, 9.17) is 13.9 Å². The molecule has 2 aromatic heterocycles. The molecule has 2 N–H and O–H groups in total. The van der Waals surface area contributed by atoms with E-state index in [-0.39, 0.29) is 24.0 Å². The zero-order chi connectivity index (χ0) is 19.0. The Hall–Kier alpha value is -3.42. The van der Waals surface area contributed by atoms with E-state index in [0.717, 1.165) is 16.9 Å². The minimum absolute atomic E-state index is 0.0715. The molecule has 0 saturated heterocycles. The Labute approximate surface area is 155 Å². The van der Waals surface area contributed by atoms with Crippen LogP contribution in [0.2, 0.25) is 0 Å². The van der Waals surface area contributed by atoms with E-state index in [9.17, 15) is 9.90 Å². The van der Waals surface area contributed by atoms with Crippen molar-refractivity contribution < 1.29 is 23.8 Å². The Kier molecular flexibility index (Phi) is 4.23. The van der Waals surface area contributed by atoms with Gasteiger partial charge in [0.1, 0.15) is 18.1 Å². The van der Waals surface area contributed by atoms with Crippen molar-refractivity contribution in [1.82, 2.24) is 9.78 Å². The molecule has 1 aliphatic rings. The van der Waals surface area contributed by atoms with Crippen LogP contribution in [0.1, 0.15) is 29.2 Å². The summed E-state index contributed by atoms with van der Waals surface area (Å²) in [6.45, 7) is 0.414. The summed E-state index contributed by atoms with van der Waals surface area (Å²) in [6.07, 6.45) is 3.60. The lowest BCUT2D eigenvalue weighted by molar-refractivity contribution is -0.116. The molecule has 4 rings (SSSR count). The predicted octanol–water partition coefficient (Wildman–Crippen LogP) is 2.72. The van der Waals surface area contributed by atoms with Crippen molar-refractivity contribution in [1.29, 1.82) is 0 Å². The third-order valence-corrected chi connectivity index (χ3v) is 4.68. The molecule has 8 heteroatoms. The van der Waals surface area contributed by atoms with Crippen molar-refractivity contribution >= 4 is 11.7 Å². The second-order valence-corrected chi connectivity index (χ2v) is 6.26. The van der Waals surface area contributed by atoms with Gasteiger partial charge in [0.25, 0.3) is 0 Å². The van der Waals surface area contributed by atoms with Crippen LogP contribution in [0.3, 0.4) is 0 Å². The molecule has 1 aliphatic heterocycles. The summed E-state index contributed by atoms with van der Waals surface area (Å²) in [7, 11) is 2.94. The van der Waals surface area contributed by atoms with Crippen LogP contribution in [0.4, 0.5) is 5.82 Å². The van der Waals surface area contributed by atoms with Crippen LogP contribution in [0.25, 0.3) is 0 Å². The van der Waals surface area contributed by atoms with Gasteiger partial charge >= 0.3 is 0 Å². The van der Waals surface area contributed by atoms with Crippen LogP contribution in [-0.2, 0) is 11.3 Å². The lowest BCUT2D eigenvalue weighted by atomic mass is 9.87. The van der Waals surface area contributed by atoms with Crippen molar-refractivity contribution in [2.45, 2.75) is 18.9 Å². The van der Waals surface area contributed by atoms with Gasteiger partial charge in [0.15, 0.2) is 11.5 Å². The number of phenolic OH excluding ortho intramolecular Hbond substituents is 1. The second-order valence-electron chi connectivity index (χ2n) is 6.26. The molecule has 140 valence electrons. The number of ether oxygens (including phenoxy) is 2. The highest BCUT2D eigenvalue weighted by Crippen LogP contribution is 2.44.